The van der Waals surface area contributed by atoms with Crippen molar-refractivity contribution in [2.75, 3.05) is 7.11 Å². The molecule has 0 fully saturated rings. The molecule has 1 atom stereocenters. The smallest absolute Gasteiger partial charge is 0.224 e. The van der Waals surface area contributed by atoms with Crippen LogP contribution in [0.4, 0.5) is 0 Å². The number of hydrogen-bond acceptors (Lipinski definition) is 5. The van der Waals surface area contributed by atoms with E-state index in [1.807, 2.05) is 55.5 Å². The molecule has 0 radical (unpaired) electrons. The molecule has 8 heteroatoms. The van der Waals surface area contributed by atoms with E-state index in [9.17, 15) is 4.79 Å². The lowest BCUT2D eigenvalue weighted by molar-refractivity contribution is -0.121. The summed E-state index contributed by atoms with van der Waals surface area (Å²) in [6.07, 6.45) is 0.271. The van der Waals surface area contributed by atoms with E-state index in [0.717, 1.165) is 21.5 Å². The van der Waals surface area contributed by atoms with Crippen LogP contribution >= 0.6 is 15.9 Å². The topological polar surface area (TPSA) is 81.9 Å². The number of benzene rings is 2. The van der Waals surface area contributed by atoms with Crippen molar-refractivity contribution in [3.8, 4) is 11.4 Å². The molecule has 0 bridgehead atoms. The van der Waals surface area contributed by atoms with Gasteiger partial charge >= 0.3 is 0 Å². The van der Waals surface area contributed by atoms with E-state index >= 15 is 0 Å². The number of hydrogen-bond donors (Lipinski definition) is 1. The zero-order chi connectivity index (χ0) is 18.5. The maximum absolute atomic E-state index is 12.3. The predicted molar refractivity (Wildman–Crippen MR) is 100 cm³/mol. The Labute approximate surface area is 159 Å². The molecule has 134 valence electrons. The first-order valence-corrected chi connectivity index (χ1v) is 8.82. The van der Waals surface area contributed by atoms with E-state index in [0.29, 0.717) is 5.82 Å². The molecule has 26 heavy (non-hydrogen) atoms. The molecule has 3 rings (SSSR count). The van der Waals surface area contributed by atoms with Gasteiger partial charge in [-0.05, 0) is 53.2 Å². The van der Waals surface area contributed by atoms with Crippen molar-refractivity contribution >= 4 is 21.8 Å². The lowest BCUT2D eigenvalue weighted by Crippen LogP contribution is -2.30. The van der Waals surface area contributed by atoms with Gasteiger partial charge in [0.1, 0.15) is 5.75 Å². The van der Waals surface area contributed by atoms with Crippen LogP contribution in [-0.4, -0.2) is 33.2 Å². The highest BCUT2D eigenvalue weighted by Gasteiger charge is 2.18. The molecule has 1 heterocycles. The molecule has 7 nitrogen and oxygen atoms in total. The van der Waals surface area contributed by atoms with E-state index in [4.69, 9.17) is 4.74 Å². The number of aromatic nitrogens is 4. The van der Waals surface area contributed by atoms with Gasteiger partial charge in [0, 0.05) is 4.47 Å². The molecule has 1 unspecified atom stereocenters. The second-order valence-corrected chi connectivity index (χ2v) is 6.66. The van der Waals surface area contributed by atoms with Crippen molar-refractivity contribution in [1.29, 1.82) is 0 Å². The Morgan fingerprint density at radius 1 is 1.27 bits per heavy atom. The Kier molecular flexibility index (Phi) is 5.62. The molecule has 0 aliphatic carbocycles. The number of nitrogens with zero attached hydrogens (tertiary/aromatic N) is 4. The molecule has 0 saturated heterocycles. The second kappa shape index (κ2) is 8.09. The lowest BCUT2D eigenvalue weighted by atomic mass is 10.1. The molecule has 1 aromatic heterocycles. The fourth-order valence-corrected chi connectivity index (χ4v) is 2.93. The monoisotopic (exact) mass is 415 g/mol. The number of halogens is 1. The number of amides is 1. The molecule has 0 saturated carbocycles. The summed E-state index contributed by atoms with van der Waals surface area (Å²) in [5, 5.41) is 14.8. The van der Waals surface area contributed by atoms with Crippen molar-refractivity contribution in [3.05, 3.63) is 64.4 Å². The SMILES string of the molecule is COc1ccc(CC(=O)NC(C)c2nnnn2-c2cccc(Br)c2)cc1. The molecule has 1 amide bonds. The summed E-state index contributed by atoms with van der Waals surface area (Å²) in [5.74, 6) is 1.22. The average molecular weight is 416 g/mol. The molecule has 0 aliphatic rings. The van der Waals surface area contributed by atoms with Crippen molar-refractivity contribution in [2.45, 2.75) is 19.4 Å². The summed E-state index contributed by atoms with van der Waals surface area (Å²) in [6.45, 7) is 1.85. The van der Waals surface area contributed by atoms with Gasteiger partial charge in [0.2, 0.25) is 5.91 Å². The summed E-state index contributed by atoms with van der Waals surface area (Å²) in [5.41, 5.74) is 1.72. The van der Waals surface area contributed by atoms with Gasteiger partial charge in [-0.3, -0.25) is 4.79 Å². The third-order valence-electron chi connectivity index (χ3n) is 3.83. The van der Waals surface area contributed by atoms with Gasteiger partial charge in [-0.2, -0.15) is 4.68 Å². The number of ether oxygens (including phenoxy) is 1. The molecular weight excluding hydrogens is 398 g/mol. The van der Waals surface area contributed by atoms with E-state index < -0.39 is 0 Å². The minimum Gasteiger partial charge on any atom is -0.497 e. The van der Waals surface area contributed by atoms with Crippen molar-refractivity contribution < 1.29 is 9.53 Å². The van der Waals surface area contributed by atoms with Crippen LogP contribution in [0.3, 0.4) is 0 Å². The van der Waals surface area contributed by atoms with Gasteiger partial charge in [0.15, 0.2) is 5.82 Å². The Morgan fingerprint density at radius 3 is 2.73 bits per heavy atom. The Hall–Kier alpha value is -2.74. The van der Waals surface area contributed by atoms with E-state index in [2.05, 4.69) is 36.8 Å². The van der Waals surface area contributed by atoms with E-state index in [1.165, 1.54) is 0 Å². The number of nitrogens with one attached hydrogen (secondary N) is 1. The number of methoxy groups -OCH3 is 1. The van der Waals surface area contributed by atoms with E-state index in [1.54, 1.807) is 11.8 Å². The van der Waals surface area contributed by atoms with Gasteiger partial charge in [-0.1, -0.05) is 34.1 Å². The fourth-order valence-electron chi connectivity index (χ4n) is 2.54. The summed E-state index contributed by atoms with van der Waals surface area (Å²) in [6, 6.07) is 14.7. The van der Waals surface area contributed by atoms with Gasteiger partial charge < -0.3 is 10.1 Å². The number of tetrazole rings is 1. The highest BCUT2D eigenvalue weighted by atomic mass is 79.9. The van der Waals surface area contributed by atoms with Crippen LogP contribution < -0.4 is 10.1 Å². The highest BCUT2D eigenvalue weighted by molar-refractivity contribution is 9.10. The zero-order valence-electron chi connectivity index (χ0n) is 14.4. The van der Waals surface area contributed by atoms with Crippen LogP contribution in [0.5, 0.6) is 5.75 Å². The van der Waals surface area contributed by atoms with Crippen molar-refractivity contribution in [3.63, 3.8) is 0 Å². The van der Waals surface area contributed by atoms with Gasteiger partial charge in [0.25, 0.3) is 0 Å². The maximum Gasteiger partial charge on any atom is 0.224 e. The molecular formula is C18H18BrN5O2. The predicted octanol–water partition coefficient (Wildman–Crippen LogP) is 2.85. The van der Waals surface area contributed by atoms with E-state index in [-0.39, 0.29) is 18.4 Å². The first-order valence-electron chi connectivity index (χ1n) is 8.03. The van der Waals surface area contributed by atoms with Crippen LogP contribution in [0.1, 0.15) is 24.4 Å². The molecule has 0 spiro atoms. The maximum atomic E-state index is 12.3. The third kappa shape index (κ3) is 4.26. The quantitative estimate of drug-likeness (QED) is 0.669. The summed E-state index contributed by atoms with van der Waals surface area (Å²) >= 11 is 3.44. The summed E-state index contributed by atoms with van der Waals surface area (Å²) in [7, 11) is 1.61. The highest BCUT2D eigenvalue weighted by Crippen LogP contribution is 2.18. The number of carbonyl (C=O) groups is 1. The Bertz CT molecular complexity index is 895. The molecule has 1 N–H and O–H groups in total. The summed E-state index contributed by atoms with van der Waals surface area (Å²) < 4.78 is 7.66. The first-order chi connectivity index (χ1) is 12.6. The number of rotatable bonds is 6. The van der Waals surface area contributed by atoms with Gasteiger partial charge in [0.05, 0.1) is 25.3 Å². The fraction of sp³-hybridized carbons (Fsp3) is 0.222. The van der Waals surface area contributed by atoms with Crippen LogP contribution in [-0.2, 0) is 11.2 Å². The Balaban J connectivity index is 1.69. The zero-order valence-corrected chi connectivity index (χ0v) is 16.0. The molecule has 0 aliphatic heterocycles. The van der Waals surface area contributed by atoms with Gasteiger partial charge in [-0.25, -0.2) is 0 Å². The minimum atomic E-state index is -0.338. The van der Waals surface area contributed by atoms with Crippen LogP contribution in [0.15, 0.2) is 53.0 Å². The molecule has 3 aromatic rings. The first kappa shape index (κ1) is 18.1. The minimum absolute atomic E-state index is 0.105. The average Bonchev–Trinajstić information content (AvgIpc) is 3.12. The van der Waals surface area contributed by atoms with Crippen LogP contribution in [0.2, 0.25) is 0 Å². The van der Waals surface area contributed by atoms with Crippen molar-refractivity contribution in [1.82, 2.24) is 25.5 Å². The Morgan fingerprint density at radius 2 is 2.04 bits per heavy atom. The lowest BCUT2D eigenvalue weighted by Gasteiger charge is -2.14. The third-order valence-corrected chi connectivity index (χ3v) is 4.33. The standard InChI is InChI=1S/C18H18BrN5O2/c1-12(20-17(25)10-13-6-8-16(26-2)9-7-13)18-21-22-23-24(18)15-5-3-4-14(19)11-15/h3-9,11-12H,10H2,1-2H3,(H,20,25). The van der Waals surface area contributed by atoms with Gasteiger partial charge in [-0.15, -0.1) is 5.10 Å². The summed E-state index contributed by atoms with van der Waals surface area (Å²) in [4.78, 5) is 12.3. The normalized spacial score (nSPS) is 11.8. The second-order valence-electron chi connectivity index (χ2n) is 5.74. The van der Waals surface area contributed by atoms with Crippen LogP contribution in [0, 0.1) is 0 Å². The molecule has 2 aromatic carbocycles. The van der Waals surface area contributed by atoms with Crippen molar-refractivity contribution in [2.24, 2.45) is 0 Å². The largest absolute Gasteiger partial charge is 0.497 e. The van der Waals surface area contributed by atoms with Crippen LogP contribution in [0.25, 0.3) is 5.69 Å². The number of carbonyl (C=O) groups excluding carboxylic acids is 1.